The van der Waals surface area contributed by atoms with Crippen molar-refractivity contribution >= 4 is 21.8 Å². The number of aliphatic hydroxyl groups excluding tert-OH is 1. The number of amides is 1. The minimum Gasteiger partial charge on any atom is -0.391 e. The molecule has 3 nitrogen and oxygen atoms in total. The molecule has 1 aliphatic heterocycles. The Balaban J connectivity index is 2.51. The molecule has 1 fully saturated rings. The average Bonchev–Trinajstić information content (AvgIpc) is 2.15. The Morgan fingerprint density at radius 3 is 2.71 bits per heavy atom. The van der Waals surface area contributed by atoms with E-state index in [1.54, 1.807) is 4.90 Å². The molecule has 0 aromatic rings. The zero-order valence-corrected chi connectivity index (χ0v) is 10.3. The second-order valence-electron chi connectivity index (χ2n) is 4.23. The Morgan fingerprint density at radius 2 is 2.21 bits per heavy atom. The summed E-state index contributed by atoms with van der Waals surface area (Å²) < 4.78 is 0. The van der Waals surface area contributed by atoms with Gasteiger partial charge in [0.25, 0.3) is 0 Å². The molecule has 0 radical (unpaired) electrons. The van der Waals surface area contributed by atoms with Gasteiger partial charge in [-0.25, -0.2) is 0 Å². The van der Waals surface area contributed by atoms with Gasteiger partial charge in [0, 0.05) is 13.1 Å². The molecule has 1 rings (SSSR count). The van der Waals surface area contributed by atoms with Gasteiger partial charge in [-0.15, -0.1) is 0 Å². The van der Waals surface area contributed by atoms with Gasteiger partial charge in [-0.2, -0.15) is 0 Å². The summed E-state index contributed by atoms with van der Waals surface area (Å²) in [5, 5.41) is 9.44. The van der Waals surface area contributed by atoms with Crippen molar-refractivity contribution in [3.05, 3.63) is 0 Å². The van der Waals surface area contributed by atoms with Crippen LogP contribution in [0, 0.1) is 5.92 Å². The quantitative estimate of drug-likeness (QED) is 0.766. The normalized spacial score (nSPS) is 25.2. The van der Waals surface area contributed by atoms with Crippen molar-refractivity contribution in [3.8, 4) is 0 Å². The molecular formula is C10H18BrNO2. The Morgan fingerprint density at radius 1 is 1.57 bits per heavy atom. The van der Waals surface area contributed by atoms with Crippen molar-refractivity contribution in [3.63, 3.8) is 0 Å². The van der Waals surface area contributed by atoms with Crippen LogP contribution in [0.1, 0.15) is 26.7 Å². The molecule has 0 aromatic carbocycles. The average molecular weight is 264 g/mol. The third kappa shape index (κ3) is 2.95. The molecule has 1 amide bonds. The standard InChI is InChI=1S/C10H18BrNO2/c1-7(2)9(11)10(14)12-5-3-4-8(13)6-12/h7-9,13H,3-6H2,1-2H3/t8-,9?/m0/s1. The highest BCUT2D eigenvalue weighted by Gasteiger charge is 2.28. The summed E-state index contributed by atoms with van der Waals surface area (Å²) in [5.74, 6) is 0.403. The summed E-state index contributed by atoms with van der Waals surface area (Å²) in [6, 6.07) is 0. The Bertz CT molecular complexity index is 208. The fourth-order valence-corrected chi connectivity index (χ4v) is 1.90. The van der Waals surface area contributed by atoms with Crippen molar-refractivity contribution in [2.75, 3.05) is 13.1 Å². The Hall–Kier alpha value is -0.0900. The summed E-state index contributed by atoms with van der Waals surface area (Å²) in [6.45, 7) is 5.30. The molecule has 4 heteroatoms. The van der Waals surface area contributed by atoms with Crippen LogP contribution in [0.5, 0.6) is 0 Å². The van der Waals surface area contributed by atoms with Crippen molar-refractivity contribution in [1.82, 2.24) is 4.90 Å². The lowest BCUT2D eigenvalue weighted by atomic mass is 10.1. The molecule has 1 N–H and O–H groups in total. The zero-order chi connectivity index (χ0) is 10.7. The van der Waals surface area contributed by atoms with Gasteiger partial charge in [0.1, 0.15) is 0 Å². The molecule has 1 unspecified atom stereocenters. The number of likely N-dealkylation sites (tertiary alicyclic amines) is 1. The van der Waals surface area contributed by atoms with Gasteiger partial charge in [-0.3, -0.25) is 4.79 Å². The third-order valence-electron chi connectivity index (χ3n) is 2.53. The maximum absolute atomic E-state index is 11.9. The second kappa shape index (κ2) is 5.12. The smallest absolute Gasteiger partial charge is 0.236 e. The monoisotopic (exact) mass is 263 g/mol. The van der Waals surface area contributed by atoms with Crippen LogP contribution in [0.3, 0.4) is 0 Å². The lowest BCUT2D eigenvalue weighted by Gasteiger charge is -2.32. The van der Waals surface area contributed by atoms with E-state index in [0.29, 0.717) is 12.5 Å². The predicted molar refractivity (Wildman–Crippen MR) is 59.4 cm³/mol. The number of nitrogens with zero attached hydrogens (tertiary/aromatic N) is 1. The van der Waals surface area contributed by atoms with E-state index in [1.165, 1.54) is 0 Å². The number of hydrogen-bond acceptors (Lipinski definition) is 2. The van der Waals surface area contributed by atoms with Gasteiger partial charge in [-0.05, 0) is 18.8 Å². The topological polar surface area (TPSA) is 40.5 Å². The van der Waals surface area contributed by atoms with E-state index in [0.717, 1.165) is 19.4 Å². The van der Waals surface area contributed by atoms with Crippen LogP contribution in [-0.2, 0) is 4.79 Å². The van der Waals surface area contributed by atoms with Gasteiger partial charge >= 0.3 is 0 Å². The van der Waals surface area contributed by atoms with Crippen molar-refractivity contribution in [2.45, 2.75) is 37.6 Å². The molecule has 1 aliphatic rings. The predicted octanol–water partition coefficient (Wildman–Crippen LogP) is 1.39. The first-order chi connectivity index (χ1) is 6.52. The van der Waals surface area contributed by atoms with Crippen LogP contribution < -0.4 is 0 Å². The highest BCUT2D eigenvalue weighted by atomic mass is 79.9. The lowest BCUT2D eigenvalue weighted by Crippen LogP contribution is -2.46. The minimum atomic E-state index is -0.334. The summed E-state index contributed by atoms with van der Waals surface area (Å²) in [4.78, 5) is 13.5. The van der Waals surface area contributed by atoms with E-state index < -0.39 is 0 Å². The molecule has 1 heterocycles. The maximum atomic E-state index is 11.9. The Kier molecular flexibility index (Phi) is 4.38. The molecule has 0 aromatic heterocycles. The van der Waals surface area contributed by atoms with Crippen LogP contribution in [-0.4, -0.2) is 39.9 Å². The fourth-order valence-electron chi connectivity index (χ4n) is 1.61. The minimum absolute atomic E-state index is 0.110. The first kappa shape index (κ1) is 12.0. The Labute approximate surface area is 93.6 Å². The number of β-amino-alcohol motifs (C(OH)–C–C–N with tert-alkyl or cyclic N) is 1. The molecule has 0 bridgehead atoms. The van der Waals surface area contributed by atoms with Gasteiger partial charge < -0.3 is 10.0 Å². The number of alkyl halides is 1. The highest BCUT2D eigenvalue weighted by Crippen LogP contribution is 2.18. The van der Waals surface area contributed by atoms with E-state index >= 15 is 0 Å². The molecular weight excluding hydrogens is 246 g/mol. The molecule has 2 atom stereocenters. The van der Waals surface area contributed by atoms with E-state index in [4.69, 9.17) is 0 Å². The highest BCUT2D eigenvalue weighted by molar-refractivity contribution is 9.10. The number of piperidine rings is 1. The van der Waals surface area contributed by atoms with Crippen LogP contribution in [0.15, 0.2) is 0 Å². The van der Waals surface area contributed by atoms with Gasteiger partial charge in [0.05, 0.1) is 10.9 Å². The van der Waals surface area contributed by atoms with Crippen LogP contribution in [0.25, 0.3) is 0 Å². The molecule has 0 aliphatic carbocycles. The first-order valence-electron chi connectivity index (χ1n) is 5.13. The van der Waals surface area contributed by atoms with E-state index in [1.807, 2.05) is 13.8 Å². The third-order valence-corrected chi connectivity index (χ3v) is 3.98. The summed E-state index contributed by atoms with van der Waals surface area (Å²) in [5.41, 5.74) is 0. The number of carbonyl (C=O) groups excluding carboxylic acids is 1. The zero-order valence-electron chi connectivity index (χ0n) is 8.74. The second-order valence-corrected chi connectivity index (χ2v) is 5.21. The van der Waals surface area contributed by atoms with Gasteiger partial charge in [0.2, 0.25) is 5.91 Å². The number of carbonyl (C=O) groups is 1. The summed E-state index contributed by atoms with van der Waals surface area (Å²) >= 11 is 3.39. The SMILES string of the molecule is CC(C)C(Br)C(=O)N1CCC[C@H](O)C1. The lowest BCUT2D eigenvalue weighted by molar-refractivity contribution is -0.134. The molecule has 0 saturated carbocycles. The van der Waals surface area contributed by atoms with Crippen molar-refractivity contribution < 1.29 is 9.90 Å². The molecule has 14 heavy (non-hydrogen) atoms. The van der Waals surface area contributed by atoms with Crippen LogP contribution in [0.2, 0.25) is 0 Å². The number of rotatable bonds is 2. The molecule has 1 saturated heterocycles. The van der Waals surface area contributed by atoms with Crippen molar-refractivity contribution in [1.29, 1.82) is 0 Å². The number of aliphatic hydroxyl groups is 1. The summed E-state index contributed by atoms with van der Waals surface area (Å²) in [7, 11) is 0. The number of halogens is 1. The van der Waals surface area contributed by atoms with Crippen molar-refractivity contribution in [2.24, 2.45) is 5.92 Å². The van der Waals surface area contributed by atoms with E-state index in [-0.39, 0.29) is 16.8 Å². The van der Waals surface area contributed by atoms with Crippen LogP contribution >= 0.6 is 15.9 Å². The number of hydrogen-bond donors (Lipinski definition) is 1. The van der Waals surface area contributed by atoms with Gasteiger partial charge in [-0.1, -0.05) is 29.8 Å². The maximum Gasteiger partial charge on any atom is 0.236 e. The fraction of sp³-hybridized carbons (Fsp3) is 0.900. The van der Waals surface area contributed by atoms with Gasteiger partial charge in [0.15, 0.2) is 0 Å². The van der Waals surface area contributed by atoms with E-state index in [2.05, 4.69) is 15.9 Å². The summed E-state index contributed by atoms with van der Waals surface area (Å²) in [6.07, 6.45) is 1.39. The molecule has 0 spiro atoms. The molecule has 82 valence electrons. The van der Waals surface area contributed by atoms with Crippen LogP contribution in [0.4, 0.5) is 0 Å². The van der Waals surface area contributed by atoms with E-state index in [9.17, 15) is 9.90 Å². The largest absolute Gasteiger partial charge is 0.391 e. The first-order valence-corrected chi connectivity index (χ1v) is 6.05.